The predicted molar refractivity (Wildman–Crippen MR) is 72.9 cm³/mol. The number of benzene rings is 1. The van der Waals surface area contributed by atoms with Crippen LogP contribution in [-0.4, -0.2) is 18.0 Å². The van der Waals surface area contributed by atoms with Crippen molar-refractivity contribution in [1.29, 1.82) is 0 Å². The number of carbonyl (C=O) groups is 1. The summed E-state index contributed by atoms with van der Waals surface area (Å²) in [6.45, 7) is 0. The summed E-state index contributed by atoms with van der Waals surface area (Å²) >= 11 is 3.23. The fourth-order valence-electron chi connectivity index (χ4n) is 1.45. The molecule has 0 bridgehead atoms. The molecule has 0 atom stereocenters. The van der Waals surface area contributed by atoms with Crippen LogP contribution < -0.4 is 10.1 Å². The lowest BCUT2D eigenvalue weighted by molar-refractivity contribution is 0.102. The number of rotatable bonds is 3. The molecule has 1 heterocycles. The third-order valence-electron chi connectivity index (χ3n) is 2.32. The van der Waals surface area contributed by atoms with Crippen LogP contribution in [0, 0.1) is 0 Å². The molecule has 0 spiro atoms. The number of hydrogen-bond acceptors (Lipinski definition) is 3. The zero-order chi connectivity index (χ0) is 13.0. The van der Waals surface area contributed by atoms with Gasteiger partial charge >= 0.3 is 0 Å². The Hall–Kier alpha value is -1.88. The molecule has 1 N–H and O–H groups in total. The first kappa shape index (κ1) is 12.6. The fraction of sp³-hybridized carbons (Fsp3) is 0.0769. The zero-order valence-corrected chi connectivity index (χ0v) is 11.3. The van der Waals surface area contributed by atoms with E-state index in [2.05, 4.69) is 26.2 Å². The first-order chi connectivity index (χ1) is 8.69. The third kappa shape index (κ3) is 3.07. The van der Waals surface area contributed by atoms with Crippen molar-refractivity contribution in [1.82, 2.24) is 4.98 Å². The number of hydrogen-bond donors (Lipinski definition) is 1. The van der Waals surface area contributed by atoms with Crippen LogP contribution in [0.4, 0.5) is 5.69 Å². The molecule has 0 saturated heterocycles. The highest BCUT2D eigenvalue weighted by atomic mass is 79.9. The molecule has 2 aromatic rings. The van der Waals surface area contributed by atoms with E-state index in [4.69, 9.17) is 4.74 Å². The lowest BCUT2D eigenvalue weighted by Crippen LogP contribution is -2.11. The molecular weight excluding hydrogens is 296 g/mol. The smallest absolute Gasteiger partial charge is 0.255 e. The van der Waals surface area contributed by atoms with Gasteiger partial charge in [-0.1, -0.05) is 6.07 Å². The second kappa shape index (κ2) is 5.64. The number of amides is 1. The average molecular weight is 307 g/mol. The topological polar surface area (TPSA) is 51.2 Å². The van der Waals surface area contributed by atoms with Crippen LogP contribution >= 0.6 is 15.9 Å². The molecule has 0 unspecified atom stereocenters. The van der Waals surface area contributed by atoms with Gasteiger partial charge in [0.05, 0.1) is 7.11 Å². The third-order valence-corrected chi connectivity index (χ3v) is 2.75. The number of nitrogens with zero attached hydrogens (tertiary/aromatic N) is 1. The standard InChI is InChI=1S/C13H11BrN2O2/c1-18-11-4-2-3-10(8-11)16-13(17)9-5-6-15-12(14)7-9/h2-8H,1H3,(H,16,17). The summed E-state index contributed by atoms with van der Waals surface area (Å²) in [5.74, 6) is 0.509. The fourth-order valence-corrected chi connectivity index (χ4v) is 1.81. The Labute approximate surface area is 113 Å². The number of halogens is 1. The van der Waals surface area contributed by atoms with Crippen molar-refractivity contribution in [2.45, 2.75) is 0 Å². The Morgan fingerprint density at radius 3 is 2.89 bits per heavy atom. The summed E-state index contributed by atoms with van der Waals surface area (Å²) in [6.07, 6.45) is 1.57. The number of nitrogens with one attached hydrogen (secondary N) is 1. The minimum atomic E-state index is -0.189. The molecular formula is C13H11BrN2O2. The van der Waals surface area contributed by atoms with E-state index in [1.54, 1.807) is 37.6 Å². The van der Waals surface area contributed by atoms with Crippen LogP contribution in [0.2, 0.25) is 0 Å². The zero-order valence-electron chi connectivity index (χ0n) is 9.68. The summed E-state index contributed by atoms with van der Waals surface area (Å²) in [7, 11) is 1.58. The van der Waals surface area contributed by atoms with Crippen molar-refractivity contribution in [2.75, 3.05) is 12.4 Å². The second-order valence-corrected chi connectivity index (χ2v) is 4.37. The van der Waals surface area contributed by atoms with Crippen molar-refractivity contribution < 1.29 is 9.53 Å². The maximum absolute atomic E-state index is 12.0. The number of ether oxygens (including phenoxy) is 1. The molecule has 1 aromatic carbocycles. The van der Waals surface area contributed by atoms with Crippen molar-refractivity contribution in [2.24, 2.45) is 0 Å². The minimum Gasteiger partial charge on any atom is -0.497 e. The quantitative estimate of drug-likeness (QED) is 0.887. The van der Waals surface area contributed by atoms with Crippen molar-refractivity contribution in [3.8, 4) is 5.75 Å². The number of anilines is 1. The number of methoxy groups -OCH3 is 1. The van der Waals surface area contributed by atoms with Crippen LogP contribution in [0.1, 0.15) is 10.4 Å². The summed E-state index contributed by atoms with van der Waals surface area (Å²) in [4.78, 5) is 15.9. The van der Waals surface area contributed by atoms with E-state index in [1.807, 2.05) is 12.1 Å². The van der Waals surface area contributed by atoms with Gasteiger partial charge in [-0.15, -0.1) is 0 Å². The monoisotopic (exact) mass is 306 g/mol. The predicted octanol–water partition coefficient (Wildman–Crippen LogP) is 3.11. The molecule has 4 nitrogen and oxygen atoms in total. The Kier molecular flexibility index (Phi) is 3.94. The van der Waals surface area contributed by atoms with Gasteiger partial charge in [-0.2, -0.15) is 0 Å². The Morgan fingerprint density at radius 2 is 2.17 bits per heavy atom. The summed E-state index contributed by atoms with van der Waals surface area (Å²) in [5.41, 5.74) is 1.23. The van der Waals surface area contributed by atoms with Crippen LogP contribution in [0.5, 0.6) is 5.75 Å². The number of pyridine rings is 1. The average Bonchev–Trinajstić information content (AvgIpc) is 2.39. The summed E-state index contributed by atoms with van der Waals surface area (Å²) in [5, 5.41) is 2.79. The number of aromatic nitrogens is 1. The SMILES string of the molecule is COc1cccc(NC(=O)c2ccnc(Br)c2)c1. The van der Waals surface area contributed by atoms with E-state index in [0.29, 0.717) is 21.6 Å². The highest BCUT2D eigenvalue weighted by molar-refractivity contribution is 9.10. The molecule has 1 amide bonds. The molecule has 1 aromatic heterocycles. The molecule has 0 fully saturated rings. The van der Waals surface area contributed by atoms with Gasteiger partial charge in [0.15, 0.2) is 0 Å². The molecule has 0 aliphatic heterocycles. The molecule has 0 saturated carbocycles. The largest absolute Gasteiger partial charge is 0.497 e. The number of carbonyl (C=O) groups excluding carboxylic acids is 1. The van der Waals surface area contributed by atoms with Crippen molar-refractivity contribution in [3.05, 3.63) is 52.8 Å². The molecule has 2 rings (SSSR count). The Bertz CT molecular complexity index is 572. The Morgan fingerprint density at radius 1 is 1.33 bits per heavy atom. The van der Waals surface area contributed by atoms with Crippen LogP contribution in [0.15, 0.2) is 47.2 Å². The van der Waals surface area contributed by atoms with Crippen LogP contribution in [0.3, 0.4) is 0 Å². The lowest BCUT2D eigenvalue weighted by Gasteiger charge is -2.07. The first-order valence-corrected chi connectivity index (χ1v) is 6.05. The van der Waals surface area contributed by atoms with E-state index in [9.17, 15) is 4.79 Å². The maximum Gasteiger partial charge on any atom is 0.255 e. The lowest BCUT2D eigenvalue weighted by atomic mass is 10.2. The van der Waals surface area contributed by atoms with E-state index in [0.717, 1.165) is 0 Å². The van der Waals surface area contributed by atoms with Gasteiger partial charge in [0.2, 0.25) is 0 Å². The van der Waals surface area contributed by atoms with E-state index in [1.165, 1.54) is 0 Å². The molecule has 0 aliphatic rings. The van der Waals surface area contributed by atoms with Crippen molar-refractivity contribution >= 4 is 27.5 Å². The van der Waals surface area contributed by atoms with E-state index < -0.39 is 0 Å². The maximum atomic E-state index is 12.0. The highest BCUT2D eigenvalue weighted by Gasteiger charge is 2.07. The second-order valence-electron chi connectivity index (χ2n) is 3.55. The Balaban J connectivity index is 2.16. The van der Waals surface area contributed by atoms with Gasteiger partial charge in [0.25, 0.3) is 5.91 Å². The van der Waals surface area contributed by atoms with E-state index in [-0.39, 0.29) is 5.91 Å². The van der Waals surface area contributed by atoms with Gasteiger partial charge in [0, 0.05) is 23.5 Å². The van der Waals surface area contributed by atoms with Crippen LogP contribution in [-0.2, 0) is 0 Å². The van der Waals surface area contributed by atoms with E-state index >= 15 is 0 Å². The minimum absolute atomic E-state index is 0.189. The summed E-state index contributed by atoms with van der Waals surface area (Å²) < 4.78 is 5.72. The van der Waals surface area contributed by atoms with Gasteiger partial charge in [-0.25, -0.2) is 4.98 Å². The molecule has 0 aliphatic carbocycles. The van der Waals surface area contributed by atoms with Crippen LogP contribution in [0.25, 0.3) is 0 Å². The van der Waals surface area contributed by atoms with Gasteiger partial charge < -0.3 is 10.1 Å². The molecule has 92 valence electrons. The van der Waals surface area contributed by atoms with Crippen molar-refractivity contribution in [3.63, 3.8) is 0 Å². The normalized spacial score (nSPS) is 9.89. The first-order valence-electron chi connectivity index (χ1n) is 5.26. The molecule has 18 heavy (non-hydrogen) atoms. The molecule has 0 radical (unpaired) electrons. The van der Waals surface area contributed by atoms with Gasteiger partial charge in [0.1, 0.15) is 10.4 Å². The highest BCUT2D eigenvalue weighted by Crippen LogP contribution is 2.18. The van der Waals surface area contributed by atoms with Gasteiger partial charge in [-0.3, -0.25) is 4.79 Å². The molecule has 5 heteroatoms. The summed E-state index contributed by atoms with van der Waals surface area (Å²) in [6, 6.07) is 10.5. The van der Waals surface area contributed by atoms with Gasteiger partial charge in [-0.05, 0) is 40.2 Å².